The number of hydrogen-bond acceptors (Lipinski definition) is 5. The second-order valence-electron chi connectivity index (χ2n) is 5.05. The number of carbonyl (C=O) groups excluding carboxylic acids is 2. The molecule has 5 nitrogen and oxygen atoms in total. The first-order valence-electron chi connectivity index (χ1n) is 7.17. The van der Waals surface area contributed by atoms with Crippen LogP contribution >= 0.6 is 46.1 Å². The molecule has 1 aromatic heterocycles. The number of hydrogen-bond donors (Lipinski definition) is 1. The Hall–Kier alpha value is -0.690. The summed E-state index contributed by atoms with van der Waals surface area (Å²) in [5.41, 5.74) is 0.292. The van der Waals surface area contributed by atoms with E-state index >= 15 is 0 Å². The van der Waals surface area contributed by atoms with E-state index < -0.39 is 16.0 Å². The molecule has 0 radical (unpaired) electrons. The average Bonchev–Trinajstić information content (AvgIpc) is 3.04. The van der Waals surface area contributed by atoms with Gasteiger partial charge < -0.3 is 9.47 Å². The average molecular weight is 401 g/mol. The van der Waals surface area contributed by atoms with E-state index in [0.29, 0.717) is 16.5 Å². The Kier molecular flexibility index (Phi) is 6.42. The van der Waals surface area contributed by atoms with Crippen molar-refractivity contribution in [3.8, 4) is 0 Å². The Morgan fingerprint density at radius 3 is 2.57 bits per heavy atom. The first-order valence-corrected chi connectivity index (χ1v) is 9.12. The summed E-state index contributed by atoms with van der Waals surface area (Å²) in [7, 11) is 0. The minimum atomic E-state index is -2.17. The second kappa shape index (κ2) is 7.92. The van der Waals surface area contributed by atoms with Crippen LogP contribution in [0.4, 0.5) is 9.80 Å². The summed E-state index contributed by atoms with van der Waals surface area (Å²) in [6, 6.07) is 1.77. The Bertz CT molecular complexity index is 579. The highest BCUT2D eigenvalue weighted by atomic mass is 35.6. The molecule has 1 aliphatic rings. The van der Waals surface area contributed by atoms with Crippen molar-refractivity contribution in [2.75, 3.05) is 11.9 Å². The van der Waals surface area contributed by atoms with Crippen LogP contribution in [0.5, 0.6) is 0 Å². The van der Waals surface area contributed by atoms with Gasteiger partial charge >= 0.3 is 16.0 Å². The molecular weight excluding hydrogens is 385 g/mol. The van der Waals surface area contributed by atoms with E-state index in [9.17, 15) is 9.59 Å². The SMILES string of the molecule is CCOC(=O)c1cc(C2CCCC2)sc1NC(=O)OC(Cl)(Cl)Cl. The normalized spacial score (nSPS) is 15.5. The van der Waals surface area contributed by atoms with E-state index in [-0.39, 0.29) is 6.61 Å². The summed E-state index contributed by atoms with van der Waals surface area (Å²) in [4.78, 5) is 24.9. The molecule has 1 aromatic rings. The quantitative estimate of drug-likeness (QED) is 0.538. The minimum Gasteiger partial charge on any atom is -0.462 e. The summed E-state index contributed by atoms with van der Waals surface area (Å²) in [6.45, 7) is 1.96. The fourth-order valence-corrected chi connectivity index (χ4v) is 3.91. The lowest BCUT2D eigenvalue weighted by molar-refractivity contribution is 0.0528. The minimum absolute atomic E-state index is 0.242. The summed E-state index contributed by atoms with van der Waals surface area (Å²) in [5, 5.41) is 2.79. The van der Waals surface area contributed by atoms with Crippen LogP contribution in [0, 0.1) is 0 Å². The molecule has 0 aliphatic heterocycles. The van der Waals surface area contributed by atoms with Crippen LogP contribution in [0.15, 0.2) is 6.07 Å². The predicted octanol–water partition coefficient (Wildman–Crippen LogP) is 5.46. The van der Waals surface area contributed by atoms with Crippen molar-refractivity contribution in [3.05, 3.63) is 16.5 Å². The lowest BCUT2D eigenvalue weighted by Gasteiger charge is -2.12. The summed E-state index contributed by atoms with van der Waals surface area (Å²) < 4.78 is 7.43. The van der Waals surface area contributed by atoms with Crippen molar-refractivity contribution in [3.63, 3.8) is 0 Å². The maximum absolute atomic E-state index is 12.1. The third-order valence-corrected chi connectivity index (χ3v) is 4.87. The number of halogens is 3. The van der Waals surface area contributed by atoms with Gasteiger partial charge in [-0.25, -0.2) is 9.59 Å². The molecule has 1 fully saturated rings. The smallest absolute Gasteiger partial charge is 0.415 e. The van der Waals surface area contributed by atoms with Crippen molar-refractivity contribution in [2.45, 2.75) is 42.5 Å². The van der Waals surface area contributed by atoms with Crippen LogP contribution in [0.3, 0.4) is 0 Å². The molecule has 1 heterocycles. The number of amides is 1. The van der Waals surface area contributed by atoms with Gasteiger partial charge in [0.25, 0.3) is 0 Å². The van der Waals surface area contributed by atoms with Crippen LogP contribution in [0.25, 0.3) is 0 Å². The highest BCUT2D eigenvalue weighted by Crippen LogP contribution is 2.41. The third kappa shape index (κ3) is 5.41. The topological polar surface area (TPSA) is 64.6 Å². The van der Waals surface area contributed by atoms with Crippen LogP contribution < -0.4 is 5.32 Å². The van der Waals surface area contributed by atoms with Crippen LogP contribution in [0.2, 0.25) is 0 Å². The molecule has 0 saturated heterocycles. The van der Waals surface area contributed by atoms with Crippen molar-refractivity contribution in [1.82, 2.24) is 0 Å². The van der Waals surface area contributed by atoms with E-state index in [1.807, 2.05) is 0 Å². The summed E-state index contributed by atoms with van der Waals surface area (Å²) >= 11 is 17.6. The molecule has 1 amide bonds. The maximum Gasteiger partial charge on any atom is 0.415 e. The van der Waals surface area contributed by atoms with Gasteiger partial charge in [-0.3, -0.25) is 5.32 Å². The largest absolute Gasteiger partial charge is 0.462 e. The lowest BCUT2D eigenvalue weighted by atomic mass is 10.1. The number of thiophene rings is 1. The molecule has 9 heteroatoms. The van der Waals surface area contributed by atoms with Crippen LogP contribution in [-0.2, 0) is 9.47 Å². The number of alkyl halides is 3. The number of rotatable bonds is 4. The van der Waals surface area contributed by atoms with E-state index in [2.05, 4.69) is 10.1 Å². The molecule has 23 heavy (non-hydrogen) atoms. The summed E-state index contributed by atoms with van der Waals surface area (Å²) in [5.74, 6) is -0.106. The number of ether oxygens (including phenoxy) is 2. The van der Waals surface area contributed by atoms with Crippen molar-refractivity contribution in [2.24, 2.45) is 0 Å². The van der Waals surface area contributed by atoms with Crippen molar-refractivity contribution >= 4 is 63.2 Å². The fourth-order valence-electron chi connectivity index (χ4n) is 2.50. The molecule has 1 saturated carbocycles. The zero-order valence-electron chi connectivity index (χ0n) is 12.4. The van der Waals surface area contributed by atoms with Gasteiger partial charge in [-0.15, -0.1) is 11.3 Å². The van der Waals surface area contributed by atoms with E-state index in [0.717, 1.165) is 30.6 Å². The van der Waals surface area contributed by atoms with Gasteiger partial charge in [0.2, 0.25) is 0 Å². The predicted molar refractivity (Wildman–Crippen MR) is 91.9 cm³/mol. The van der Waals surface area contributed by atoms with Crippen LogP contribution in [-0.4, -0.2) is 22.6 Å². The molecular formula is C14H16Cl3NO4S. The van der Waals surface area contributed by atoms with Gasteiger partial charge in [0.1, 0.15) is 5.00 Å². The molecule has 128 valence electrons. The number of anilines is 1. The van der Waals surface area contributed by atoms with Gasteiger partial charge in [-0.2, -0.15) is 0 Å². The molecule has 0 bridgehead atoms. The van der Waals surface area contributed by atoms with Gasteiger partial charge in [0.15, 0.2) is 0 Å². The van der Waals surface area contributed by atoms with Crippen molar-refractivity contribution in [1.29, 1.82) is 0 Å². The Balaban J connectivity index is 2.20. The van der Waals surface area contributed by atoms with E-state index in [4.69, 9.17) is 39.5 Å². The van der Waals surface area contributed by atoms with Crippen LogP contribution in [0.1, 0.15) is 53.8 Å². The number of carbonyl (C=O) groups is 2. The molecule has 0 aromatic carbocycles. The molecule has 2 rings (SSSR count). The van der Waals surface area contributed by atoms with Gasteiger partial charge in [0, 0.05) is 4.88 Å². The monoisotopic (exact) mass is 399 g/mol. The molecule has 0 atom stereocenters. The van der Waals surface area contributed by atoms with E-state index in [1.165, 1.54) is 11.3 Å². The number of esters is 1. The summed E-state index contributed by atoms with van der Waals surface area (Å²) in [6.07, 6.45) is 3.52. The van der Waals surface area contributed by atoms with Gasteiger partial charge in [-0.1, -0.05) is 12.8 Å². The molecule has 1 N–H and O–H groups in total. The highest BCUT2D eigenvalue weighted by molar-refractivity contribution is 7.16. The maximum atomic E-state index is 12.1. The van der Waals surface area contributed by atoms with E-state index in [1.54, 1.807) is 13.0 Å². The van der Waals surface area contributed by atoms with Gasteiger partial charge in [0.05, 0.1) is 12.2 Å². The Morgan fingerprint density at radius 2 is 2.00 bits per heavy atom. The highest BCUT2D eigenvalue weighted by Gasteiger charge is 2.28. The van der Waals surface area contributed by atoms with Crippen molar-refractivity contribution < 1.29 is 19.1 Å². The Labute approximate surface area is 153 Å². The standard InChI is InChI=1S/C14H16Cl3NO4S/c1-2-21-12(19)9-7-10(8-5-3-4-6-8)23-11(9)18-13(20)22-14(15,16)17/h7-8H,2-6H2,1H3,(H,18,20). The lowest BCUT2D eigenvalue weighted by Crippen LogP contribution is -2.21. The third-order valence-electron chi connectivity index (χ3n) is 3.43. The van der Waals surface area contributed by atoms with Gasteiger partial charge in [-0.05, 0) is 66.6 Å². The molecule has 0 spiro atoms. The Morgan fingerprint density at radius 1 is 1.35 bits per heavy atom. The first kappa shape index (κ1) is 18.6. The zero-order chi connectivity index (χ0) is 17.0. The second-order valence-corrected chi connectivity index (χ2v) is 8.31. The molecule has 1 aliphatic carbocycles. The first-order chi connectivity index (χ1) is 10.8. The molecule has 0 unspecified atom stereocenters. The fraction of sp³-hybridized carbons (Fsp3) is 0.571. The zero-order valence-corrected chi connectivity index (χ0v) is 15.4. The number of nitrogens with one attached hydrogen (secondary N) is 1.